The molecule has 190 valence electrons. The van der Waals surface area contributed by atoms with E-state index in [0.29, 0.717) is 29.2 Å². The summed E-state index contributed by atoms with van der Waals surface area (Å²) in [7, 11) is 3.09. The zero-order valence-electron chi connectivity index (χ0n) is 19.8. The molecule has 2 aromatic carbocycles. The van der Waals surface area contributed by atoms with Gasteiger partial charge in [0.15, 0.2) is 17.3 Å². The summed E-state index contributed by atoms with van der Waals surface area (Å²) in [6, 6.07) is 11.4. The van der Waals surface area contributed by atoms with Crippen molar-refractivity contribution in [3.8, 4) is 17.2 Å². The first-order valence-electron chi connectivity index (χ1n) is 10.9. The molecule has 3 amide bonds. The van der Waals surface area contributed by atoms with Gasteiger partial charge in [-0.25, -0.2) is 9.78 Å². The second-order valence-corrected chi connectivity index (χ2v) is 7.56. The summed E-state index contributed by atoms with van der Waals surface area (Å²) >= 11 is 0. The number of anilines is 1. The molecule has 3 aromatic rings. The Balaban J connectivity index is 1.57. The number of carboxylic acids is 1. The van der Waals surface area contributed by atoms with Crippen LogP contribution in [0.3, 0.4) is 0 Å². The van der Waals surface area contributed by atoms with Crippen LogP contribution in [0, 0.1) is 0 Å². The maximum atomic E-state index is 12.4. The summed E-state index contributed by atoms with van der Waals surface area (Å²) in [5, 5.41) is 14.0. The fourth-order valence-electron chi connectivity index (χ4n) is 3.40. The number of ether oxygens (including phenoxy) is 3. The van der Waals surface area contributed by atoms with Crippen LogP contribution in [0.5, 0.6) is 17.2 Å². The minimum Gasteiger partial charge on any atom is -0.493 e. The first kappa shape index (κ1) is 25.9. The van der Waals surface area contributed by atoms with Crippen molar-refractivity contribution in [3.63, 3.8) is 0 Å². The van der Waals surface area contributed by atoms with Crippen molar-refractivity contribution in [1.82, 2.24) is 15.3 Å². The van der Waals surface area contributed by atoms with Crippen LogP contribution in [0.4, 0.5) is 10.6 Å². The predicted molar refractivity (Wildman–Crippen MR) is 129 cm³/mol. The third-order valence-corrected chi connectivity index (χ3v) is 5.05. The summed E-state index contributed by atoms with van der Waals surface area (Å²) in [6.07, 6.45) is 0.381. The topological polar surface area (TPSA) is 178 Å². The van der Waals surface area contributed by atoms with E-state index < -0.39 is 17.9 Å². The molecule has 3 rings (SSSR count). The molecule has 0 aliphatic carbocycles. The van der Waals surface area contributed by atoms with Gasteiger partial charge in [0.25, 0.3) is 5.91 Å². The standard InChI is InChI=1S/C24H27N5O7/c1-34-17-5-3-4-15(21(17)35-2)10-11-26-24(33)29-23-20(22(25)32)27-18(28-23)13-36-16-8-6-14(7-9-16)12-19(30)31/h3-9H,10-13H2,1-2H3,(H2,25,32)(H,27,28)(H,30,31)(H2,26,29,33). The number of nitrogens with two attached hydrogens (primary N) is 1. The summed E-state index contributed by atoms with van der Waals surface area (Å²) in [6.45, 7) is 0.233. The average Bonchev–Trinajstić information content (AvgIpc) is 3.25. The van der Waals surface area contributed by atoms with Crippen LogP contribution in [0.2, 0.25) is 0 Å². The van der Waals surface area contributed by atoms with Crippen LogP contribution >= 0.6 is 0 Å². The van der Waals surface area contributed by atoms with Gasteiger partial charge >= 0.3 is 12.0 Å². The Morgan fingerprint density at radius 2 is 1.83 bits per heavy atom. The molecular formula is C24H27N5O7. The highest BCUT2D eigenvalue weighted by Crippen LogP contribution is 2.30. The third-order valence-electron chi connectivity index (χ3n) is 5.05. The normalized spacial score (nSPS) is 10.4. The molecule has 0 saturated heterocycles. The molecular weight excluding hydrogens is 470 g/mol. The molecule has 36 heavy (non-hydrogen) atoms. The zero-order valence-corrected chi connectivity index (χ0v) is 19.8. The smallest absolute Gasteiger partial charge is 0.320 e. The molecule has 1 heterocycles. The minimum absolute atomic E-state index is 0.0330. The average molecular weight is 498 g/mol. The molecule has 0 saturated carbocycles. The van der Waals surface area contributed by atoms with Crippen molar-refractivity contribution in [3.05, 3.63) is 65.1 Å². The second-order valence-electron chi connectivity index (χ2n) is 7.56. The lowest BCUT2D eigenvalue weighted by Gasteiger charge is -2.13. The number of carboxylic acid groups (broad SMARTS) is 1. The fourth-order valence-corrected chi connectivity index (χ4v) is 3.40. The van der Waals surface area contributed by atoms with E-state index in [1.54, 1.807) is 44.6 Å². The molecule has 6 N–H and O–H groups in total. The number of carbonyl (C=O) groups excluding carboxylic acids is 2. The molecule has 0 bridgehead atoms. The maximum absolute atomic E-state index is 12.4. The van der Waals surface area contributed by atoms with Crippen molar-refractivity contribution < 1.29 is 33.7 Å². The molecule has 0 aliphatic heterocycles. The number of benzene rings is 2. The summed E-state index contributed by atoms with van der Waals surface area (Å²) < 4.78 is 16.3. The number of H-pyrrole nitrogens is 1. The quantitative estimate of drug-likeness (QED) is 0.252. The number of imidazole rings is 1. The number of aromatic amines is 1. The zero-order chi connectivity index (χ0) is 26.1. The van der Waals surface area contributed by atoms with Gasteiger partial charge < -0.3 is 35.4 Å². The number of amides is 3. The van der Waals surface area contributed by atoms with E-state index in [9.17, 15) is 14.4 Å². The highest BCUT2D eigenvalue weighted by Gasteiger charge is 2.18. The summed E-state index contributed by atoms with van der Waals surface area (Å²) in [5.41, 5.74) is 6.81. The van der Waals surface area contributed by atoms with Gasteiger partial charge in [-0.05, 0) is 35.7 Å². The van der Waals surface area contributed by atoms with Crippen molar-refractivity contribution >= 4 is 23.7 Å². The van der Waals surface area contributed by atoms with E-state index in [0.717, 1.165) is 5.56 Å². The Morgan fingerprint density at radius 3 is 2.47 bits per heavy atom. The highest BCUT2D eigenvalue weighted by molar-refractivity contribution is 6.00. The Hall–Kier alpha value is -4.74. The lowest BCUT2D eigenvalue weighted by molar-refractivity contribution is -0.136. The number of methoxy groups -OCH3 is 2. The maximum Gasteiger partial charge on any atom is 0.320 e. The SMILES string of the molecule is COc1cccc(CCNC(=O)Nc2nc(COc3ccc(CC(=O)O)cc3)[nH]c2C(N)=O)c1OC. The minimum atomic E-state index is -0.928. The predicted octanol–water partition coefficient (Wildman–Crippen LogP) is 2.10. The summed E-state index contributed by atoms with van der Waals surface area (Å²) in [5.74, 6) is 0.149. The Labute approximate surface area is 206 Å². The van der Waals surface area contributed by atoms with Crippen molar-refractivity contribution in [1.29, 1.82) is 0 Å². The van der Waals surface area contributed by atoms with Crippen LogP contribution in [-0.2, 0) is 24.2 Å². The van der Waals surface area contributed by atoms with Crippen LogP contribution in [0.25, 0.3) is 0 Å². The van der Waals surface area contributed by atoms with Gasteiger partial charge in [0.2, 0.25) is 0 Å². The van der Waals surface area contributed by atoms with Gasteiger partial charge in [-0.3, -0.25) is 14.9 Å². The van der Waals surface area contributed by atoms with E-state index in [2.05, 4.69) is 20.6 Å². The van der Waals surface area contributed by atoms with E-state index in [4.69, 9.17) is 25.1 Å². The van der Waals surface area contributed by atoms with Crippen molar-refractivity contribution in [2.24, 2.45) is 5.73 Å². The van der Waals surface area contributed by atoms with E-state index >= 15 is 0 Å². The lowest BCUT2D eigenvalue weighted by Crippen LogP contribution is -2.31. The number of urea groups is 1. The molecule has 0 radical (unpaired) electrons. The van der Waals surface area contributed by atoms with Crippen LogP contribution in [-0.4, -0.2) is 53.7 Å². The molecule has 0 unspecified atom stereocenters. The third kappa shape index (κ3) is 6.88. The summed E-state index contributed by atoms with van der Waals surface area (Å²) in [4.78, 5) is 41.9. The lowest BCUT2D eigenvalue weighted by atomic mass is 10.1. The van der Waals surface area contributed by atoms with Gasteiger partial charge in [0.1, 0.15) is 23.9 Å². The molecule has 12 heteroatoms. The number of hydrogen-bond donors (Lipinski definition) is 5. The van der Waals surface area contributed by atoms with Crippen LogP contribution in [0.1, 0.15) is 27.4 Å². The van der Waals surface area contributed by atoms with Crippen LogP contribution in [0.15, 0.2) is 42.5 Å². The van der Waals surface area contributed by atoms with Crippen molar-refractivity contribution in [2.75, 3.05) is 26.1 Å². The number of aliphatic carboxylic acids is 1. The number of aromatic nitrogens is 2. The molecule has 0 fully saturated rings. The number of para-hydroxylation sites is 1. The van der Waals surface area contributed by atoms with Crippen molar-refractivity contribution in [2.45, 2.75) is 19.4 Å². The van der Waals surface area contributed by atoms with Gasteiger partial charge in [-0.2, -0.15) is 0 Å². The molecule has 0 aliphatic rings. The number of carbonyl (C=O) groups is 3. The molecule has 1 aromatic heterocycles. The first-order chi connectivity index (χ1) is 17.3. The molecule has 0 spiro atoms. The number of rotatable bonds is 12. The Morgan fingerprint density at radius 1 is 1.08 bits per heavy atom. The van der Waals surface area contributed by atoms with E-state index in [-0.39, 0.29) is 36.9 Å². The van der Waals surface area contributed by atoms with E-state index in [1.165, 1.54) is 0 Å². The number of primary amides is 1. The largest absolute Gasteiger partial charge is 0.493 e. The number of nitrogens with one attached hydrogen (secondary N) is 3. The first-order valence-corrected chi connectivity index (χ1v) is 10.9. The number of nitrogens with zero attached hydrogens (tertiary/aromatic N) is 1. The molecule has 0 atom stereocenters. The van der Waals surface area contributed by atoms with Crippen LogP contribution < -0.4 is 30.6 Å². The Bertz CT molecular complexity index is 1220. The van der Waals surface area contributed by atoms with Gasteiger partial charge in [-0.1, -0.05) is 24.3 Å². The Kier molecular flexibility index (Phi) is 8.70. The second kappa shape index (κ2) is 12.1. The monoisotopic (exact) mass is 497 g/mol. The highest BCUT2D eigenvalue weighted by atomic mass is 16.5. The number of hydrogen-bond acceptors (Lipinski definition) is 7. The van der Waals surface area contributed by atoms with Gasteiger partial charge in [0, 0.05) is 6.54 Å². The van der Waals surface area contributed by atoms with Gasteiger partial charge in [-0.15, -0.1) is 0 Å². The van der Waals surface area contributed by atoms with Gasteiger partial charge in [0.05, 0.1) is 20.6 Å². The van der Waals surface area contributed by atoms with E-state index in [1.807, 2.05) is 12.1 Å². The molecule has 12 nitrogen and oxygen atoms in total. The fraction of sp³-hybridized carbons (Fsp3) is 0.250.